The number of hydrogen-bond acceptors (Lipinski definition) is 6. The lowest BCUT2D eigenvalue weighted by atomic mass is 10.0. The second-order valence-electron chi connectivity index (χ2n) is 8.78. The first-order valence-corrected chi connectivity index (χ1v) is 10.8. The van der Waals surface area contributed by atoms with E-state index in [0.717, 1.165) is 22.3 Å². The molecule has 0 saturated heterocycles. The summed E-state index contributed by atoms with van der Waals surface area (Å²) >= 11 is 0. The number of aryl methyl sites for hydroxylation is 1. The highest BCUT2D eigenvalue weighted by molar-refractivity contribution is 5.82. The third-order valence-corrected chi connectivity index (χ3v) is 4.63. The molecule has 0 unspecified atom stereocenters. The van der Waals surface area contributed by atoms with Gasteiger partial charge >= 0.3 is 12.1 Å². The van der Waals surface area contributed by atoms with Crippen LogP contribution in [0.1, 0.15) is 37.5 Å². The quantitative estimate of drug-likeness (QED) is 0.531. The molecule has 0 fully saturated rings. The Morgan fingerprint density at radius 3 is 2.18 bits per heavy atom. The first kappa shape index (κ1) is 23.9. The average molecular weight is 448 g/mol. The number of ether oxygens (including phenoxy) is 2. The van der Waals surface area contributed by atoms with Gasteiger partial charge in [0.05, 0.1) is 0 Å². The molecule has 3 rings (SSSR count). The Kier molecular flexibility index (Phi) is 7.77. The molecule has 7 heteroatoms. The monoisotopic (exact) mass is 447 g/mol. The van der Waals surface area contributed by atoms with E-state index in [2.05, 4.69) is 15.3 Å². The minimum Gasteiger partial charge on any atom is -0.458 e. The number of esters is 1. The first-order valence-electron chi connectivity index (χ1n) is 10.8. The summed E-state index contributed by atoms with van der Waals surface area (Å²) in [6.45, 7) is 7.39. The van der Waals surface area contributed by atoms with Gasteiger partial charge in [-0.1, -0.05) is 54.6 Å². The Hall–Kier alpha value is -3.74. The molecule has 0 aliphatic heterocycles. The molecule has 172 valence electrons. The second kappa shape index (κ2) is 10.7. The molecule has 1 N–H and O–H groups in total. The van der Waals surface area contributed by atoms with E-state index >= 15 is 0 Å². The zero-order valence-electron chi connectivity index (χ0n) is 19.4. The fraction of sp³-hybridized carbons (Fsp3) is 0.308. The second-order valence-corrected chi connectivity index (χ2v) is 8.78. The molecule has 0 aliphatic rings. The summed E-state index contributed by atoms with van der Waals surface area (Å²) in [6.07, 6.45) is 3.10. The number of hydrogen-bond donors (Lipinski definition) is 1. The van der Waals surface area contributed by atoms with Gasteiger partial charge in [0.1, 0.15) is 18.2 Å². The van der Waals surface area contributed by atoms with Gasteiger partial charge in [-0.25, -0.2) is 19.6 Å². The van der Waals surface area contributed by atoms with Crippen molar-refractivity contribution in [2.24, 2.45) is 0 Å². The van der Waals surface area contributed by atoms with Crippen LogP contribution in [0.5, 0.6) is 0 Å². The van der Waals surface area contributed by atoms with Crippen molar-refractivity contribution in [2.45, 2.75) is 52.4 Å². The molecule has 2 aromatic carbocycles. The Labute approximate surface area is 194 Å². The SMILES string of the molecule is Cc1cnc(-c2ccc(C[C@H](NC(=O)OCc3ccccc3)C(=O)OC(C)(C)C)cc2)nc1. The first-order chi connectivity index (χ1) is 15.7. The Bertz CT molecular complexity index is 1060. The zero-order chi connectivity index (χ0) is 23.8. The summed E-state index contributed by atoms with van der Waals surface area (Å²) in [6, 6.07) is 16.0. The minimum absolute atomic E-state index is 0.110. The van der Waals surface area contributed by atoms with Crippen molar-refractivity contribution >= 4 is 12.1 Å². The summed E-state index contributed by atoms with van der Waals surface area (Å²) in [5, 5.41) is 2.65. The molecule has 1 aromatic heterocycles. The number of nitrogens with zero attached hydrogens (tertiary/aromatic N) is 2. The fourth-order valence-electron chi connectivity index (χ4n) is 3.04. The molecule has 1 amide bonds. The smallest absolute Gasteiger partial charge is 0.408 e. The van der Waals surface area contributed by atoms with Crippen LogP contribution in [-0.4, -0.2) is 33.7 Å². The standard InChI is InChI=1S/C26H29N3O4/c1-18-15-27-23(28-16-18)21-12-10-19(11-13-21)14-22(24(30)33-26(2,3)4)29-25(31)32-17-20-8-6-5-7-9-20/h5-13,15-16,22H,14,17H2,1-4H3,(H,29,31)/t22-/m0/s1. The van der Waals surface area contributed by atoms with Crippen LogP contribution in [0.25, 0.3) is 11.4 Å². The van der Waals surface area contributed by atoms with Gasteiger partial charge in [0.2, 0.25) is 0 Å². The number of alkyl carbamates (subject to hydrolysis) is 1. The largest absolute Gasteiger partial charge is 0.458 e. The van der Waals surface area contributed by atoms with Crippen LogP contribution < -0.4 is 5.32 Å². The highest BCUT2D eigenvalue weighted by atomic mass is 16.6. The number of amides is 1. The van der Waals surface area contributed by atoms with E-state index in [4.69, 9.17) is 9.47 Å². The molecule has 0 aliphatic carbocycles. The molecule has 7 nitrogen and oxygen atoms in total. The van der Waals surface area contributed by atoms with E-state index in [9.17, 15) is 9.59 Å². The molecule has 3 aromatic rings. The van der Waals surface area contributed by atoms with E-state index in [1.54, 1.807) is 33.2 Å². The predicted molar refractivity (Wildman–Crippen MR) is 125 cm³/mol. The number of nitrogens with one attached hydrogen (secondary N) is 1. The maximum Gasteiger partial charge on any atom is 0.408 e. The highest BCUT2D eigenvalue weighted by Crippen LogP contribution is 2.17. The molecular weight excluding hydrogens is 418 g/mol. The molecule has 0 saturated carbocycles. The topological polar surface area (TPSA) is 90.4 Å². The Balaban J connectivity index is 1.68. The van der Waals surface area contributed by atoms with Crippen molar-refractivity contribution in [3.05, 3.63) is 83.7 Å². The number of rotatable bonds is 7. The average Bonchev–Trinajstić information content (AvgIpc) is 2.78. The summed E-state index contributed by atoms with van der Waals surface area (Å²) < 4.78 is 10.8. The van der Waals surface area contributed by atoms with Crippen LogP contribution in [0.15, 0.2) is 67.0 Å². The van der Waals surface area contributed by atoms with Gasteiger partial charge in [0.15, 0.2) is 5.82 Å². The van der Waals surface area contributed by atoms with Crippen molar-refractivity contribution < 1.29 is 19.1 Å². The number of aromatic nitrogens is 2. The lowest BCUT2D eigenvalue weighted by Gasteiger charge is -2.24. The Morgan fingerprint density at radius 2 is 1.58 bits per heavy atom. The van der Waals surface area contributed by atoms with E-state index in [1.165, 1.54) is 0 Å². The van der Waals surface area contributed by atoms with Crippen molar-refractivity contribution in [3.8, 4) is 11.4 Å². The lowest BCUT2D eigenvalue weighted by Crippen LogP contribution is -2.45. The van der Waals surface area contributed by atoms with Crippen LogP contribution in [0.3, 0.4) is 0 Å². The third kappa shape index (κ3) is 7.71. The number of benzene rings is 2. The van der Waals surface area contributed by atoms with E-state index in [-0.39, 0.29) is 13.0 Å². The number of carbonyl (C=O) groups excluding carboxylic acids is 2. The molecule has 0 radical (unpaired) electrons. The van der Waals surface area contributed by atoms with Gasteiger partial charge in [-0.15, -0.1) is 0 Å². The fourth-order valence-corrected chi connectivity index (χ4v) is 3.04. The predicted octanol–water partition coefficient (Wildman–Crippen LogP) is 4.63. The van der Waals surface area contributed by atoms with Gasteiger partial charge in [-0.05, 0) is 44.4 Å². The number of carbonyl (C=O) groups is 2. The van der Waals surface area contributed by atoms with E-state index in [0.29, 0.717) is 5.82 Å². The van der Waals surface area contributed by atoms with Gasteiger partial charge < -0.3 is 14.8 Å². The van der Waals surface area contributed by atoms with Crippen LogP contribution >= 0.6 is 0 Å². The van der Waals surface area contributed by atoms with Crippen molar-refractivity contribution in [2.75, 3.05) is 0 Å². The minimum atomic E-state index is -0.894. The normalized spacial score (nSPS) is 12.0. The van der Waals surface area contributed by atoms with Gasteiger partial charge in [0.25, 0.3) is 0 Å². The zero-order valence-corrected chi connectivity index (χ0v) is 19.4. The summed E-state index contributed by atoms with van der Waals surface area (Å²) in [5.41, 5.74) is 2.88. The molecule has 1 atom stereocenters. The maximum atomic E-state index is 12.8. The van der Waals surface area contributed by atoms with E-state index < -0.39 is 23.7 Å². The Morgan fingerprint density at radius 1 is 0.939 bits per heavy atom. The van der Waals surface area contributed by atoms with Gasteiger partial charge in [-0.2, -0.15) is 0 Å². The van der Waals surface area contributed by atoms with Crippen LogP contribution in [0.2, 0.25) is 0 Å². The van der Waals surface area contributed by atoms with Crippen LogP contribution in [-0.2, 0) is 27.3 Å². The van der Waals surface area contributed by atoms with Crippen molar-refractivity contribution in [3.63, 3.8) is 0 Å². The summed E-state index contributed by atoms with van der Waals surface area (Å²) in [4.78, 5) is 33.8. The summed E-state index contributed by atoms with van der Waals surface area (Å²) in [7, 11) is 0. The van der Waals surface area contributed by atoms with Crippen LogP contribution in [0.4, 0.5) is 4.79 Å². The third-order valence-electron chi connectivity index (χ3n) is 4.63. The molecule has 0 bridgehead atoms. The maximum absolute atomic E-state index is 12.8. The van der Waals surface area contributed by atoms with Gasteiger partial charge in [-0.3, -0.25) is 0 Å². The highest BCUT2D eigenvalue weighted by Gasteiger charge is 2.27. The van der Waals surface area contributed by atoms with Gasteiger partial charge in [0, 0.05) is 24.4 Å². The molecule has 0 spiro atoms. The molecule has 33 heavy (non-hydrogen) atoms. The van der Waals surface area contributed by atoms with Crippen molar-refractivity contribution in [1.29, 1.82) is 0 Å². The van der Waals surface area contributed by atoms with E-state index in [1.807, 2.05) is 61.5 Å². The summed E-state index contributed by atoms with van der Waals surface area (Å²) in [5.74, 6) is 0.101. The van der Waals surface area contributed by atoms with Crippen molar-refractivity contribution in [1.82, 2.24) is 15.3 Å². The lowest BCUT2D eigenvalue weighted by molar-refractivity contribution is -0.157. The molecular formula is C26H29N3O4. The van der Waals surface area contributed by atoms with Crippen LogP contribution in [0, 0.1) is 6.92 Å². The molecule has 1 heterocycles.